The molecule has 2 aromatic carbocycles. The number of nitrogens with zero attached hydrogens (tertiary/aromatic N) is 2. The van der Waals surface area contributed by atoms with Crippen molar-refractivity contribution in [3.05, 3.63) is 86.3 Å². The van der Waals surface area contributed by atoms with Gasteiger partial charge in [-0.15, -0.1) is 0 Å². The van der Waals surface area contributed by atoms with Crippen LogP contribution in [0.25, 0.3) is 10.9 Å². The Balaban J connectivity index is 2.16. The number of nitrogens with one attached hydrogen (secondary N) is 1. The van der Waals surface area contributed by atoms with E-state index in [2.05, 4.69) is 15.2 Å². The van der Waals surface area contributed by atoms with Gasteiger partial charge in [-0.1, -0.05) is 43.1 Å². The largest absolute Gasteiger partial charge is 0.508 e. The molecular formula is C24H20Cl2F3N3O. The van der Waals surface area contributed by atoms with Crippen LogP contribution in [0.15, 0.2) is 42.9 Å². The number of aromatic hydroxyl groups is 1. The van der Waals surface area contributed by atoms with Crippen LogP contribution >= 0.6 is 23.2 Å². The molecule has 172 valence electrons. The molecule has 0 saturated heterocycles. The second-order valence-electron chi connectivity index (χ2n) is 7.62. The van der Waals surface area contributed by atoms with Crippen molar-refractivity contribution in [1.82, 2.24) is 15.2 Å². The van der Waals surface area contributed by atoms with Crippen LogP contribution in [-0.4, -0.2) is 20.3 Å². The molecule has 0 aliphatic rings. The minimum Gasteiger partial charge on any atom is -0.508 e. The second kappa shape index (κ2) is 8.88. The van der Waals surface area contributed by atoms with E-state index in [-0.39, 0.29) is 45.3 Å². The maximum atomic E-state index is 14.1. The monoisotopic (exact) mass is 493 g/mol. The number of fused-ring (bicyclic) bond motifs is 1. The van der Waals surface area contributed by atoms with Crippen LogP contribution < -0.4 is 0 Å². The third kappa shape index (κ3) is 3.93. The number of hydrogen-bond donors (Lipinski definition) is 2. The topological polar surface area (TPSA) is 61.8 Å². The first kappa shape index (κ1) is 23.4. The van der Waals surface area contributed by atoms with Gasteiger partial charge in [-0.3, -0.25) is 10.1 Å². The quantitative estimate of drug-likeness (QED) is 0.306. The van der Waals surface area contributed by atoms with Gasteiger partial charge in [-0.2, -0.15) is 18.3 Å². The van der Waals surface area contributed by atoms with Gasteiger partial charge < -0.3 is 5.11 Å². The Hall–Kier alpha value is -2.77. The van der Waals surface area contributed by atoms with Crippen LogP contribution in [0.4, 0.5) is 13.2 Å². The molecule has 0 bridgehead atoms. The highest BCUT2D eigenvalue weighted by atomic mass is 35.5. The smallest absolute Gasteiger partial charge is 0.417 e. The van der Waals surface area contributed by atoms with E-state index >= 15 is 0 Å². The first-order chi connectivity index (χ1) is 15.7. The molecule has 4 nitrogen and oxygen atoms in total. The van der Waals surface area contributed by atoms with Gasteiger partial charge in [-0.05, 0) is 42.2 Å². The highest BCUT2D eigenvalue weighted by Crippen LogP contribution is 2.50. The summed E-state index contributed by atoms with van der Waals surface area (Å²) < 4.78 is 42.2. The Labute approximate surface area is 198 Å². The molecule has 0 radical (unpaired) electrons. The standard InChI is InChI=1S/C24H20Cl2F3N3O/c1-3-14-20(24(27,28)29)15(4-2)22(26)19(21(14)25)17(13-10-31-32-11-13)18-16(33)8-7-12-6-5-9-30-23(12)18/h5-11,17,33H,3-4H2,1-2H3,(H,31,32). The number of aromatic nitrogens is 3. The molecule has 4 rings (SSSR count). The number of phenolic OH excluding ortho intramolecular Hbond substituents is 1. The van der Waals surface area contributed by atoms with Crippen molar-refractivity contribution in [3.8, 4) is 5.75 Å². The molecule has 4 aromatic rings. The summed E-state index contributed by atoms with van der Waals surface area (Å²) in [5.74, 6) is -0.879. The van der Waals surface area contributed by atoms with Crippen molar-refractivity contribution >= 4 is 34.1 Å². The van der Waals surface area contributed by atoms with Crippen LogP contribution in [0.3, 0.4) is 0 Å². The predicted octanol–water partition coefficient (Wildman–Crippen LogP) is 7.29. The van der Waals surface area contributed by atoms with Gasteiger partial charge >= 0.3 is 6.18 Å². The van der Waals surface area contributed by atoms with Gasteiger partial charge in [0.25, 0.3) is 0 Å². The summed E-state index contributed by atoms with van der Waals surface area (Å²) in [6.45, 7) is 3.24. The number of alkyl halides is 3. The number of benzene rings is 2. The summed E-state index contributed by atoms with van der Waals surface area (Å²) in [6.07, 6.45) is 0.228. The molecule has 9 heteroatoms. The number of pyridine rings is 1. The fourth-order valence-corrected chi connectivity index (χ4v) is 5.33. The fourth-order valence-electron chi connectivity index (χ4n) is 4.42. The fraction of sp³-hybridized carbons (Fsp3) is 0.250. The van der Waals surface area contributed by atoms with Crippen LogP contribution in [-0.2, 0) is 19.0 Å². The van der Waals surface area contributed by atoms with Gasteiger partial charge in [0.1, 0.15) is 5.75 Å². The van der Waals surface area contributed by atoms with Gasteiger partial charge in [-0.25, -0.2) is 0 Å². The summed E-state index contributed by atoms with van der Waals surface area (Å²) >= 11 is 13.4. The molecule has 33 heavy (non-hydrogen) atoms. The lowest BCUT2D eigenvalue weighted by molar-refractivity contribution is -0.138. The van der Waals surface area contributed by atoms with Crippen LogP contribution in [0.1, 0.15) is 53.1 Å². The Bertz CT molecular complexity index is 1290. The predicted molar refractivity (Wildman–Crippen MR) is 123 cm³/mol. The average molecular weight is 494 g/mol. The molecule has 0 saturated carbocycles. The summed E-state index contributed by atoms with van der Waals surface area (Å²) in [4.78, 5) is 4.44. The molecule has 1 unspecified atom stereocenters. The van der Waals surface area contributed by atoms with Crippen LogP contribution in [0, 0.1) is 0 Å². The molecule has 1 atom stereocenters. The first-order valence-corrected chi connectivity index (χ1v) is 11.1. The molecule has 0 spiro atoms. The van der Waals surface area contributed by atoms with E-state index < -0.39 is 17.7 Å². The van der Waals surface area contributed by atoms with E-state index in [9.17, 15) is 18.3 Å². The average Bonchev–Trinajstić information content (AvgIpc) is 3.31. The SMILES string of the molecule is CCc1c(Cl)c(C(c2cn[nH]c2)c2c(O)ccc3cccnc23)c(Cl)c(CC)c1C(F)(F)F. The molecule has 2 aromatic heterocycles. The molecular weight excluding hydrogens is 474 g/mol. The Kier molecular flexibility index (Phi) is 6.29. The minimum atomic E-state index is -4.61. The van der Waals surface area contributed by atoms with E-state index in [0.717, 1.165) is 5.39 Å². The highest BCUT2D eigenvalue weighted by Gasteiger charge is 2.40. The van der Waals surface area contributed by atoms with Crippen molar-refractivity contribution < 1.29 is 18.3 Å². The lowest BCUT2D eigenvalue weighted by Crippen LogP contribution is -2.17. The van der Waals surface area contributed by atoms with Crippen molar-refractivity contribution in [3.63, 3.8) is 0 Å². The number of H-pyrrole nitrogens is 1. The lowest BCUT2D eigenvalue weighted by atomic mass is 9.81. The van der Waals surface area contributed by atoms with E-state index in [1.807, 2.05) is 6.07 Å². The zero-order chi connectivity index (χ0) is 23.9. The summed E-state index contributed by atoms with van der Waals surface area (Å²) in [5.41, 5.74) is 0.903. The van der Waals surface area contributed by atoms with Crippen molar-refractivity contribution in [2.45, 2.75) is 38.8 Å². The first-order valence-electron chi connectivity index (χ1n) is 10.4. The molecule has 2 N–H and O–H groups in total. The highest BCUT2D eigenvalue weighted by molar-refractivity contribution is 6.37. The van der Waals surface area contributed by atoms with Crippen LogP contribution in [0.2, 0.25) is 10.0 Å². The molecule has 0 aliphatic carbocycles. The molecule has 0 aliphatic heterocycles. The zero-order valence-corrected chi connectivity index (χ0v) is 19.3. The number of rotatable bonds is 5. The van der Waals surface area contributed by atoms with E-state index in [0.29, 0.717) is 16.6 Å². The summed E-state index contributed by atoms with van der Waals surface area (Å²) in [7, 11) is 0. The second-order valence-corrected chi connectivity index (χ2v) is 8.37. The number of hydrogen-bond acceptors (Lipinski definition) is 3. The maximum Gasteiger partial charge on any atom is 0.417 e. The third-order valence-electron chi connectivity index (χ3n) is 5.82. The minimum absolute atomic E-state index is 0.0263. The van der Waals surface area contributed by atoms with E-state index in [1.54, 1.807) is 38.4 Å². The van der Waals surface area contributed by atoms with E-state index in [4.69, 9.17) is 23.2 Å². The van der Waals surface area contributed by atoms with Crippen molar-refractivity contribution in [2.75, 3.05) is 0 Å². The molecule has 2 heterocycles. The zero-order valence-electron chi connectivity index (χ0n) is 17.8. The van der Waals surface area contributed by atoms with E-state index in [1.165, 1.54) is 12.3 Å². The molecule has 0 amide bonds. The number of halogens is 5. The lowest BCUT2D eigenvalue weighted by Gasteiger charge is -2.27. The van der Waals surface area contributed by atoms with Gasteiger partial charge in [0, 0.05) is 40.4 Å². The van der Waals surface area contributed by atoms with Gasteiger partial charge in [0.15, 0.2) is 0 Å². The Morgan fingerprint density at radius 1 is 1.03 bits per heavy atom. The number of aromatic amines is 1. The van der Waals surface area contributed by atoms with Crippen molar-refractivity contribution in [1.29, 1.82) is 0 Å². The van der Waals surface area contributed by atoms with Crippen molar-refractivity contribution in [2.24, 2.45) is 0 Å². The summed E-state index contributed by atoms with van der Waals surface area (Å²) in [6, 6.07) is 6.85. The maximum absolute atomic E-state index is 14.1. The molecule has 0 fully saturated rings. The van der Waals surface area contributed by atoms with Crippen LogP contribution in [0.5, 0.6) is 5.75 Å². The Morgan fingerprint density at radius 2 is 1.70 bits per heavy atom. The normalized spacial score (nSPS) is 12.9. The van der Waals surface area contributed by atoms with Gasteiger partial charge in [0.05, 0.1) is 27.3 Å². The van der Waals surface area contributed by atoms with Gasteiger partial charge in [0.2, 0.25) is 0 Å². The Morgan fingerprint density at radius 3 is 2.24 bits per heavy atom. The summed E-state index contributed by atoms with van der Waals surface area (Å²) in [5, 5.41) is 18.3. The number of phenols is 1. The third-order valence-corrected chi connectivity index (χ3v) is 6.68.